The maximum absolute atomic E-state index is 12.5. The van der Waals surface area contributed by atoms with Crippen LogP contribution < -0.4 is 20.3 Å². The number of piperazine rings is 1. The largest absolute Gasteiger partial charge is 0.472 e. The van der Waals surface area contributed by atoms with Gasteiger partial charge in [0, 0.05) is 31.4 Å². The van der Waals surface area contributed by atoms with Gasteiger partial charge in [-0.25, -0.2) is 9.97 Å². The number of aromatic nitrogens is 2. The third-order valence-electron chi connectivity index (χ3n) is 6.44. The first-order chi connectivity index (χ1) is 12.9. The fourth-order valence-corrected chi connectivity index (χ4v) is 5.17. The lowest BCUT2D eigenvalue weighted by atomic mass is 9.96. The first kappa shape index (κ1) is 16.7. The number of carbonyl (C=O) groups excluding carboxylic acids is 1. The number of fused-ring (bicyclic) bond motifs is 5. The molecule has 27 heavy (non-hydrogen) atoms. The molecule has 7 nitrogen and oxygen atoms in total. The van der Waals surface area contributed by atoms with E-state index in [-0.39, 0.29) is 23.6 Å². The second-order valence-electron chi connectivity index (χ2n) is 8.32. The van der Waals surface area contributed by atoms with Crippen LogP contribution in [-0.2, 0) is 0 Å². The van der Waals surface area contributed by atoms with Crippen LogP contribution in [0.2, 0.25) is 0 Å². The fraction of sp³-hybridized carbons (Fsp3) is 0.550. The smallest absolute Gasteiger partial charge is 0.270 e. The average Bonchev–Trinajstić information content (AvgIpc) is 2.90. The quantitative estimate of drug-likeness (QED) is 0.800. The number of ether oxygens (including phenoxy) is 1. The van der Waals surface area contributed by atoms with Gasteiger partial charge in [-0.1, -0.05) is 0 Å². The molecule has 5 heterocycles. The summed E-state index contributed by atoms with van der Waals surface area (Å²) in [5.41, 5.74) is 1.39. The van der Waals surface area contributed by atoms with Crippen LogP contribution in [0, 0.1) is 6.92 Å². The van der Waals surface area contributed by atoms with Gasteiger partial charge in [-0.15, -0.1) is 0 Å². The summed E-state index contributed by atoms with van der Waals surface area (Å²) >= 11 is 0. The minimum Gasteiger partial charge on any atom is -0.472 e. The molecule has 142 valence electrons. The van der Waals surface area contributed by atoms with E-state index in [4.69, 9.17) is 9.72 Å². The minimum atomic E-state index is -0.164. The van der Waals surface area contributed by atoms with Crippen LogP contribution in [0.25, 0.3) is 10.8 Å². The van der Waals surface area contributed by atoms with Gasteiger partial charge in [0.25, 0.3) is 5.91 Å². The number of rotatable bonds is 1. The molecule has 2 N–H and O–H groups in total. The molecule has 0 radical (unpaired) electrons. The molecular weight excluding hydrogens is 342 g/mol. The van der Waals surface area contributed by atoms with Gasteiger partial charge in [0.05, 0.1) is 11.4 Å². The molecule has 7 heteroatoms. The van der Waals surface area contributed by atoms with Gasteiger partial charge in [0.15, 0.2) is 0 Å². The van der Waals surface area contributed by atoms with E-state index in [2.05, 4.69) is 34.4 Å². The molecule has 2 aromatic heterocycles. The summed E-state index contributed by atoms with van der Waals surface area (Å²) in [6.07, 6.45) is 3.98. The number of nitrogens with one attached hydrogen (secondary N) is 2. The number of amides is 1. The van der Waals surface area contributed by atoms with Gasteiger partial charge >= 0.3 is 0 Å². The van der Waals surface area contributed by atoms with E-state index in [1.807, 2.05) is 13.0 Å². The monoisotopic (exact) mass is 367 g/mol. The number of anilines is 1. The van der Waals surface area contributed by atoms with Crippen LogP contribution in [0.4, 0.5) is 5.82 Å². The molecule has 0 aromatic carbocycles. The Balaban J connectivity index is 1.81. The normalized spacial score (nSPS) is 31.3. The summed E-state index contributed by atoms with van der Waals surface area (Å²) in [6, 6.07) is 2.46. The average molecular weight is 367 g/mol. The van der Waals surface area contributed by atoms with Crippen LogP contribution >= 0.6 is 0 Å². The van der Waals surface area contributed by atoms with Gasteiger partial charge in [0.2, 0.25) is 5.88 Å². The Labute approximate surface area is 158 Å². The zero-order valence-corrected chi connectivity index (χ0v) is 16.2. The SMILES string of the molecule is CNC(=O)c1nc2c3c(nccc3c1C)OC(C)C1C3CCC(C)(CN21)N3. The van der Waals surface area contributed by atoms with Gasteiger partial charge < -0.3 is 20.3 Å². The van der Waals surface area contributed by atoms with Crippen molar-refractivity contribution in [2.45, 2.75) is 57.3 Å². The molecule has 0 aliphatic carbocycles. The summed E-state index contributed by atoms with van der Waals surface area (Å²) < 4.78 is 6.33. The van der Waals surface area contributed by atoms with E-state index in [9.17, 15) is 4.79 Å². The van der Waals surface area contributed by atoms with Crippen molar-refractivity contribution in [1.29, 1.82) is 0 Å². The summed E-state index contributed by atoms with van der Waals surface area (Å²) in [5.74, 6) is 1.28. The number of carbonyl (C=O) groups is 1. The van der Waals surface area contributed by atoms with Crippen LogP contribution in [0.1, 0.15) is 42.7 Å². The summed E-state index contributed by atoms with van der Waals surface area (Å²) in [7, 11) is 1.64. The third kappa shape index (κ3) is 2.27. The number of hydrogen-bond acceptors (Lipinski definition) is 6. The molecule has 3 aliphatic heterocycles. The van der Waals surface area contributed by atoms with E-state index >= 15 is 0 Å². The highest BCUT2D eigenvalue weighted by atomic mass is 16.5. The Morgan fingerprint density at radius 3 is 3.07 bits per heavy atom. The standard InChI is InChI=1S/C20H25N5O2/c1-10-12-6-8-22-19-14(12)17(23-15(10)18(26)21-4)25-9-20(3)7-5-13(24-20)16(25)11(2)27-19/h6,8,11,13,16,24H,5,7,9H2,1-4H3,(H,21,26). The van der Waals surface area contributed by atoms with Gasteiger partial charge in [0.1, 0.15) is 17.6 Å². The van der Waals surface area contributed by atoms with Crippen LogP contribution in [0.3, 0.4) is 0 Å². The van der Waals surface area contributed by atoms with Crippen molar-refractivity contribution < 1.29 is 9.53 Å². The van der Waals surface area contributed by atoms with Crippen molar-refractivity contribution in [3.63, 3.8) is 0 Å². The lowest BCUT2D eigenvalue weighted by molar-refractivity contribution is 0.0957. The molecule has 3 aliphatic rings. The van der Waals surface area contributed by atoms with Crippen molar-refractivity contribution in [3.05, 3.63) is 23.5 Å². The molecule has 2 bridgehead atoms. The molecule has 0 spiro atoms. The summed E-state index contributed by atoms with van der Waals surface area (Å²) in [6.45, 7) is 7.16. The highest BCUT2D eigenvalue weighted by Gasteiger charge is 2.51. The molecule has 1 amide bonds. The molecule has 5 rings (SSSR count). The Morgan fingerprint density at radius 1 is 1.48 bits per heavy atom. The Kier molecular flexibility index (Phi) is 3.44. The Bertz CT molecular complexity index is 961. The first-order valence-electron chi connectivity index (χ1n) is 9.64. The predicted octanol–water partition coefficient (Wildman–Crippen LogP) is 1.78. The van der Waals surface area contributed by atoms with Gasteiger partial charge in [-0.3, -0.25) is 4.79 Å². The minimum absolute atomic E-state index is 0.0267. The number of aryl methyl sites for hydroxylation is 1. The zero-order valence-electron chi connectivity index (χ0n) is 16.2. The molecule has 2 saturated heterocycles. The third-order valence-corrected chi connectivity index (χ3v) is 6.44. The summed E-state index contributed by atoms with van der Waals surface area (Å²) in [5, 5.41) is 8.42. The second-order valence-corrected chi connectivity index (χ2v) is 8.32. The van der Waals surface area contributed by atoms with E-state index in [1.165, 1.54) is 0 Å². The van der Waals surface area contributed by atoms with Crippen LogP contribution in [-0.4, -0.2) is 53.2 Å². The van der Waals surface area contributed by atoms with Crippen LogP contribution in [0.5, 0.6) is 5.88 Å². The van der Waals surface area contributed by atoms with Crippen molar-refractivity contribution >= 4 is 22.5 Å². The van der Waals surface area contributed by atoms with Crippen LogP contribution in [0.15, 0.2) is 12.3 Å². The molecule has 2 fully saturated rings. The van der Waals surface area contributed by atoms with Crippen molar-refractivity contribution in [1.82, 2.24) is 20.6 Å². The fourth-order valence-electron chi connectivity index (χ4n) is 5.17. The second kappa shape index (κ2) is 5.55. The molecular formula is C20H25N5O2. The van der Waals surface area contributed by atoms with E-state index in [0.29, 0.717) is 17.6 Å². The number of nitrogens with zero attached hydrogens (tertiary/aromatic N) is 3. The Hall–Kier alpha value is -2.41. The Morgan fingerprint density at radius 2 is 2.30 bits per heavy atom. The topological polar surface area (TPSA) is 79.4 Å². The number of hydrogen-bond donors (Lipinski definition) is 2. The lowest BCUT2D eigenvalue weighted by Crippen LogP contribution is -2.66. The molecule has 4 unspecified atom stereocenters. The van der Waals surface area contributed by atoms with Crippen molar-refractivity contribution in [3.8, 4) is 5.88 Å². The molecule has 0 saturated carbocycles. The maximum atomic E-state index is 12.5. The van der Waals surface area contributed by atoms with Crippen molar-refractivity contribution in [2.75, 3.05) is 18.5 Å². The predicted molar refractivity (Wildman–Crippen MR) is 103 cm³/mol. The van der Waals surface area contributed by atoms with E-state index in [0.717, 1.165) is 41.5 Å². The van der Waals surface area contributed by atoms with E-state index < -0.39 is 0 Å². The first-order valence-corrected chi connectivity index (χ1v) is 9.64. The lowest BCUT2D eigenvalue weighted by Gasteiger charge is -2.46. The van der Waals surface area contributed by atoms with Crippen molar-refractivity contribution in [2.24, 2.45) is 0 Å². The van der Waals surface area contributed by atoms with Gasteiger partial charge in [-0.2, -0.15) is 0 Å². The zero-order chi connectivity index (χ0) is 18.9. The molecule has 2 aromatic rings. The van der Waals surface area contributed by atoms with Gasteiger partial charge in [-0.05, 0) is 50.6 Å². The summed E-state index contributed by atoms with van der Waals surface area (Å²) in [4.78, 5) is 24.3. The van der Waals surface area contributed by atoms with E-state index in [1.54, 1.807) is 13.2 Å². The molecule has 4 atom stereocenters. The maximum Gasteiger partial charge on any atom is 0.270 e. The highest BCUT2D eigenvalue weighted by Crippen LogP contribution is 2.44. The highest BCUT2D eigenvalue weighted by molar-refractivity contribution is 6.05. The number of pyridine rings is 2.